The molecule has 1 aromatic heterocycles. The number of hydrogen-bond acceptors (Lipinski definition) is 3. The minimum Gasteiger partial charge on any atom is -0.478 e. The molecule has 0 aliphatic carbocycles. The molecule has 0 amide bonds. The summed E-state index contributed by atoms with van der Waals surface area (Å²) in [6, 6.07) is 8.80. The first kappa shape index (κ1) is 10.7. The highest BCUT2D eigenvalue weighted by molar-refractivity contribution is 7.07. The van der Waals surface area contributed by atoms with E-state index in [2.05, 4.69) is 16.8 Å². The molecule has 82 valence electrons. The van der Waals surface area contributed by atoms with E-state index in [1.54, 1.807) is 35.6 Å². The maximum atomic E-state index is 10.6. The second-order valence-electron chi connectivity index (χ2n) is 3.37. The molecule has 0 aliphatic heterocycles. The number of rotatable bonds is 4. The molecule has 1 heterocycles. The fraction of sp³-hybridized carbons (Fsp3) is 0.0833. The van der Waals surface area contributed by atoms with E-state index in [0.717, 1.165) is 12.2 Å². The summed E-state index contributed by atoms with van der Waals surface area (Å²) < 4.78 is 0. The van der Waals surface area contributed by atoms with Gasteiger partial charge in [0, 0.05) is 12.2 Å². The van der Waals surface area contributed by atoms with Gasteiger partial charge in [0.05, 0.1) is 5.56 Å². The number of thiophene rings is 1. The summed E-state index contributed by atoms with van der Waals surface area (Å²) in [5.74, 6) is -0.899. The Labute approximate surface area is 97.4 Å². The van der Waals surface area contributed by atoms with Crippen molar-refractivity contribution in [3.8, 4) is 0 Å². The summed E-state index contributed by atoms with van der Waals surface area (Å²) in [6.45, 7) is 0.760. The molecule has 1 aromatic carbocycles. The molecule has 0 radical (unpaired) electrons. The normalized spacial score (nSPS) is 10.0. The lowest BCUT2D eigenvalue weighted by Gasteiger charge is -2.04. The van der Waals surface area contributed by atoms with Gasteiger partial charge >= 0.3 is 5.97 Å². The van der Waals surface area contributed by atoms with Gasteiger partial charge in [0.1, 0.15) is 0 Å². The second kappa shape index (κ2) is 4.81. The largest absolute Gasteiger partial charge is 0.478 e. The van der Waals surface area contributed by atoms with Crippen molar-refractivity contribution >= 4 is 23.0 Å². The van der Waals surface area contributed by atoms with Crippen molar-refractivity contribution in [1.29, 1.82) is 0 Å². The molecule has 0 fully saturated rings. The Bertz CT molecular complexity index is 462. The minimum absolute atomic E-state index is 0.307. The Balaban J connectivity index is 1.98. The zero-order valence-electron chi connectivity index (χ0n) is 8.51. The third-order valence-corrected chi connectivity index (χ3v) is 2.94. The summed E-state index contributed by atoms with van der Waals surface area (Å²) in [7, 11) is 0. The van der Waals surface area contributed by atoms with Gasteiger partial charge in [0.15, 0.2) is 0 Å². The Kier molecular flexibility index (Phi) is 3.22. The number of hydrogen-bond donors (Lipinski definition) is 2. The van der Waals surface area contributed by atoms with Crippen molar-refractivity contribution in [3.05, 3.63) is 52.2 Å². The summed E-state index contributed by atoms with van der Waals surface area (Å²) in [5, 5.41) is 16.1. The second-order valence-corrected chi connectivity index (χ2v) is 4.15. The topological polar surface area (TPSA) is 49.3 Å². The molecule has 3 nitrogen and oxygen atoms in total. The lowest BCUT2D eigenvalue weighted by molar-refractivity contribution is 0.0697. The standard InChI is InChI=1S/C12H11NO2S/c14-12(15)10-1-3-11(4-2-10)13-7-9-5-6-16-8-9/h1-6,8,13H,7H2,(H,14,15). The molecule has 16 heavy (non-hydrogen) atoms. The smallest absolute Gasteiger partial charge is 0.335 e. The molecule has 0 unspecified atom stereocenters. The average Bonchev–Trinajstić information content (AvgIpc) is 2.80. The van der Waals surface area contributed by atoms with Crippen molar-refractivity contribution in [2.75, 3.05) is 5.32 Å². The first-order valence-corrected chi connectivity index (χ1v) is 5.78. The van der Waals surface area contributed by atoms with Crippen LogP contribution >= 0.6 is 11.3 Å². The first-order valence-electron chi connectivity index (χ1n) is 4.84. The Hall–Kier alpha value is -1.81. The van der Waals surface area contributed by atoms with Crippen LogP contribution in [0.4, 0.5) is 5.69 Å². The number of carboxylic acids is 1. The highest BCUT2D eigenvalue weighted by atomic mass is 32.1. The van der Waals surface area contributed by atoms with E-state index in [1.165, 1.54) is 5.56 Å². The van der Waals surface area contributed by atoms with Crippen LogP contribution in [-0.2, 0) is 6.54 Å². The number of anilines is 1. The van der Waals surface area contributed by atoms with E-state index in [0.29, 0.717) is 5.56 Å². The van der Waals surface area contributed by atoms with Crippen molar-refractivity contribution < 1.29 is 9.90 Å². The summed E-state index contributed by atoms with van der Waals surface area (Å²) in [6.07, 6.45) is 0. The molecule has 0 saturated carbocycles. The molecular weight excluding hydrogens is 222 g/mol. The quantitative estimate of drug-likeness (QED) is 0.853. The van der Waals surface area contributed by atoms with Gasteiger partial charge < -0.3 is 10.4 Å². The number of aromatic carboxylic acids is 1. The molecule has 2 N–H and O–H groups in total. The van der Waals surface area contributed by atoms with Crippen LogP contribution in [0, 0.1) is 0 Å². The fourth-order valence-electron chi connectivity index (χ4n) is 1.33. The van der Waals surface area contributed by atoms with Crippen molar-refractivity contribution in [1.82, 2.24) is 0 Å². The third-order valence-electron chi connectivity index (χ3n) is 2.21. The van der Waals surface area contributed by atoms with Crippen molar-refractivity contribution in [2.24, 2.45) is 0 Å². The third kappa shape index (κ3) is 2.61. The SMILES string of the molecule is O=C(O)c1ccc(NCc2ccsc2)cc1. The van der Waals surface area contributed by atoms with Gasteiger partial charge in [-0.25, -0.2) is 4.79 Å². The Morgan fingerprint density at radius 3 is 2.56 bits per heavy atom. The van der Waals surface area contributed by atoms with Gasteiger partial charge in [-0.2, -0.15) is 11.3 Å². The number of benzene rings is 1. The Morgan fingerprint density at radius 1 is 1.25 bits per heavy atom. The van der Waals surface area contributed by atoms with Crippen LogP contribution in [0.3, 0.4) is 0 Å². The van der Waals surface area contributed by atoms with E-state index in [-0.39, 0.29) is 0 Å². The van der Waals surface area contributed by atoms with E-state index < -0.39 is 5.97 Å². The summed E-state index contributed by atoms with van der Waals surface area (Å²) in [4.78, 5) is 10.6. The van der Waals surface area contributed by atoms with Gasteiger partial charge in [-0.1, -0.05) is 0 Å². The molecule has 0 spiro atoms. The van der Waals surface area contributed by atoms with Crippen LogP contribution in [0.1, 0.15) is 15.9 Å². The predicted octanol–water partition coefficient (Wildman–Crippen LogP) is 3.06. The summed E-state index contributed by atoms with van der Waals surface area (Å²) >= 11 is 1.66. The average molecular weight is 233 g/mol. The molecule has 4 heteroatoms. The molecule has 0 atom stereocenters. The van der Waals surface area contributed by atoms with Gasteiger partial charge in [-0.3, -0.25) is 0 Å². The Morgan fingerprint density at radius 2 is 2.00 bits per heavy atom. The van der Waals surface area contributed by atoms with Crippen LogP contribution in [0.2, 0.25) is 0 Å². The van der Waals surface area contributed by atoms with Crippen LogP contribution in [0.5, 0.6) is 0 Å². The van der Waals surface area contributed by atoms with Crippen LogP contribution < -0.4 is 5.32 Å². The maximum absolute atomic E-state index is 10.6. The van der Waals surface area contributed by atoms with E-state index in [9.17, 15) is 4.79 Å². The molecule has 0 aliphatic rings. The zero-order valence-corrected chi connectivity index (χ0v) is 9.33. The highest BCUT2D eigenvalue weighted by Crippen LogP contribution is 2.12. The van der Waals surface area contributed by atoms with Gasteiger partial charge in [-0.05, 0) is 46.7 Å². The highest BCUT2D eigenvalue weighted by Gasteiger charge is 2.01. The molecule has 2 aromatic rings. The first-order chi connectivity index (χ1) is 7.75. The maximum Gasteiger partial charge on any atom is 0.335 e. The van der Waals surface area contributed by atoms with Crippen LogP contribution in [0.15, 0.2) is 41.1 Å². The zero-order chi connectivity index (χ0) is 11.4. The van der Waals surface area contributed by atoms with Crippen LogP contribution in [0.25, 0.3) is 0 Å². The molecule has 0 saturated heterocycles. The lowest BCUT2D eigenvalue weighted by Crippen LogP contribution is -1.99. The number of carboxylic acid groups (broad SMARTS) is 1. The number of carbonyl (C=O) groups is 1. The van der Waals surface area contributed by atoms with Crippen molar-refractivity contribution in [2.45, 2.75) is 6.54 Å². The fourth-order valence-corrected chi connectivity index (χ4v) is 2.00. The predicted molar refractivity (Wildman–Crippen MR) is 65.0 cm³/mol. The molecule has 2 rings (SSSR count). The summed E-state index contributed by atoms with van der Waals surface area (Å²) in [5.41, 5.74) is 2.46. The van der Waals surface area contributed by atoms with E-state index in [4.69, 9.17) is 5.11 Å². The lowest BCUT2D eigenvalue weighted by atomic mass is 10.2. The van der Waals surface area contributed by atoms with Crippen LogP contribution in [-0.4, -0.2) is 11.1 Å². The van der Waals surface area contributed by atoms with E-state index in [1.807, 2.05) is 5.38 Å². The van der Waals surface area contributed by atoms with Gasteiger partial charge in [0.2, 0.25) is 0 Å². The molecular formula is C12H11NO2S. The van der Waals surface area contributed by atoms with Crippen molar-refractivity contribution in [3.63, 3.8) is 0 Å². The molecule has 0 bridgehead atoms. The minimum atomic E-state index is -0.899. The van der Waals surface area contributed by atoms with Gasteiger partial charge in [0.25, 0.3) is 0 Å². The van der Waals surface area contributed by atoms with Gasteiger partial charge in [-0.15, -0.1) is 0 Å². The monoisotopic (exact) mass is 233 g/mol. The number of nitrogens with one attached hydrogen (secondary N) is 1. The van der Waals surface area contributed by atoms with E-state index >= 15 is 0 Å².